The van der Waals surface area contributed by atoms with Crippen LogP contribution in [0.15, 0.2) is 36.4 Å². The Morgan fingerprint density at radius 3 is 2.35 bits per heavy atom. The Bertz CT molecular complexity index is 647. The van der Waals surface area contributed by atoms with Crippen molar-refractivity contribution in [1.29, 1.82) is 0 Å². The molecule has 0 unspecified atom stereocenters. The molecule has 0 saturated carbocycles. The molecule has 2 rings (SSSR count). The summed E-state index contributed by atoms with van der Waals surface area (Å²) >= 11 is 0. The van der Waals surface area contributed by atoms with Gasteiger partial charge in [-0.2, -0.15) is 13.2 Å². The molecule has 0 aliphatic rings. The minimum Gasteiger partial charge on any atom is -0.486 e. The highest BCUT2D eigenvalue weighted by atomic mass is 19.2. The first-order valence-corrected chi connectivity index (χ1v) is 5.49. The van der Waals surface area contributed by atoms with E-state index in [9.17, 15) is 23.3 Å². The van der Waals surface area contributed by atoms with Crippen LogP contribution in [0, 0.1) is 27.6 Å². The molecule has 0 aliphatic carbocycles. The lowest BCUT2D eigenvalue weighted by atomic mass is 10.2. The van der Waals surface area contributed by atoms with Gasteiger partial charge in [-0.25, -0.2) is 0 Å². The van der Waals surface area contributed by atoms with Crippen molar-refractivity contribution in [2.45, 2.75) is 6.61 Å². The van der Waals surface area contributed by atoms with Gasteiger partial charge >= 0.3 is 5.69 Å². The Balaban J connectivity index is 2.28. The van der Waals surface area contributed by atoms with Gasteiger partial charge in [-0.1, -0.05) is 30.3 Å². The SMILES string of the molecule is O=[N+]([O-])c1c(F)cc(OCc2ccccc2)c(F)c1F. The summed E-state index contributed by atoms with van der Waals surface area (Å²) in [6.45, 7) is -0.117. The Morgan fingerprint density at radius 2 is 1.75 bits per heavy atom. The zero-order valence-electron chi connectivity index (χ0n) is 9.98. The first kappa shape index (κ1) is 13.9. The molecule has 0 saturated heterocycles. The summed E-state index contributed by atoms with van der Waals surface area (Å²) in [7, 11) is 0. The molecular formula is C13H8F3NO3. The summed E-state index contributed by atoms with van der Waals surface area (Å²) in [6.07, 6.45) is 0. The third-order valence-electron chi connectivity index (χ3n) is 2.52. The molecule has 0 atom stereocenters. The maximum Gasteiger partial charge on any atom is 0.343 e. The molecule has 2 aromatic rings. The number of ether oxygens (including phenoxy) is 1. The topological polar surface area (TPSA) is 52.4 Å². The van der Waals surface area contributed by atoms with Crippen LogP contribution in [0.1, 0.15) is 5.56 Å². The summed E-state index contributed by atoms with van der Waals surface area (Å²) in [5, 5.41) is 10.4. The lowest BCUT2D eigenvalue weighted by Gasteiger charge is -2.08. The third-order valence-corrected chi connectivity index (χ3v) is 2.52. The molecule has 7 heteroatoms. The second-order valence-corrected chi connectivity index (χ2v) is 3.86. The van der Waals surface area contributed by atoms with E-state index in [0.717, 1.165) is 0 Å². The number of nitro benzene ring substituents is 1. The third kappa shape index (κ3) is 2.71. The van der Waals surface area contributed by atoms with Crippen LogP contribution in [0.2, 0.25) is 0 Å². The van der Waals surface area contributed by atoms with Crippen molar-refractivity contribution < 1.29 is 22.8 Å². The largest absolute Gasteiger partial charge is 0.486 e. The van der Waals surface area contributed by atoms with E-state index < -0.39 is 33.8 Å². The molecular weight excluding hydrogens is 275 g/mol. The van der Waals surface area contributed by atoms with E-state index >= 15 is 0 Å². The van der Waals surface area contributed by atoms with Gasteiger partial charge in [0.05, 0.1) is 4.92 Å². The Kier molecular flexibility index (Phi) is 3.88. The van der Waals surface area contributed by atoms with Crippen LogP contribution >= 0.6 is 0 Å². The molecule has 4 nitrogen and oxygen atoms in total. The van der Waals surface area contributed by atoms with E-state index in [1.54, 1.807) is 30.3 Å². The quantitative estimate of drug-likeness (QED) is 0.489. The summed E-state index contributed by atoms with van der Waals surface area (Å²) < 4.78 is 45.2. The first-order valence-electron chi connectivity index (χ1n) is 5.49. The van der Waals surface area contributed by atoms with Crippen molar-refractivity contribution >= 4 is 5.69 Å². The Labute approximate surface area is 111 Å². The van der Waals surface area contributed by atoms with Gasteiger partial charge in [0.2, 0.25) is 17.5 Å². The van der Waals surface area contributed by atoms with E-state index in [2.05, 4.69) is 0 Å². The van der Waals surface area contributed by atoms with Crippen molar-refractivity contribution in [3.63, 3.8) is 0 Å². The molecule has 0 aliphatic heterocycles. The van der Waals surface area contributed by atoms with E-state index in [4.69, 9.17) is 4.74 Å². The van der Waals surface area contributed by atoms with Gasteiger partial charge in [-0.05, 0) is 5.56 Å². The predicted octanol–water partition coefficient (Wildman–Crippen LogP) is 3.59. The average Bonchev–Trinajstić information content (AvgIpc) is 2.42. The number of nitrogens with zero attached hydrogens (tertiary/aromatic N) is 1. The lowest BCUT2D eigenvalue weighted by Crippen LogP contribution is -2.04. The number of hydrogen-bond acceptors (Lipinski definition) is 3. The summed E-state index contributed by atoms with van der Waals surface area (Å²) in [5.41, 5.74) is -0.874. The highest BCUT2D eigenvalue weighted by Gasteiger charge is 2.28. The van der Waals surface area contributed by atoms with Gasteiger partial charge in [0.15, 0.2) is 5.75 Å². The van der Waals surface area contributed by atoms with Crippen LogP contribution in [-0.4, -0.2) is 4.92 Å². The van der Waals surface area contributed by atoms with Crippen LogP contribution < -0.4 is 4.74 Å². The van der Waals surface area contributed by atoms with Gasteiger partial charge in [0.25, 0.3) is 0 Å². The predicted molar refractivity (Wildman–Crippen MR) is 63.7 cm³/mol. The van der Waals surface area contributed by atoms with Crippen molar-refractivity contribution in [3.8, 4) is 5.75 Å². The minimum atomic E-state index is -1.88. The maximum atomic E-state index is 13.5. The molecule has 0 bridgehead atoms. The number of nitro groups is 1. The maximum absolute atomic E-state index is 13.5. The van der Waals surface area contributed by atoms with E-state index in [1.165, 1.54) is 0 Å². The van der Waals surface area contributed by atoms with Crippen LogP contribution in [0.3, 0.4) is 0 Å². The molecule has 2 aromatic carbocycles. The fourth-order valence-electron chi connectivity index (χ4n) is 1.57. The fourth-order valence-corrected chi connectivity index (χ4v) is 1.57. The monoisotopic (exact) mass is 283 g/mol. The lowest BCUT2D eigenvalue weighted by molar-refractivity contribution is -0.390. The van der Waals surface area contributed by atoms with Gasteiger partial charge in [-0.3, -0.25) is 10.1 Å². The average molecular weight is 283 g/mol. The number of halogens is 3. The molecule has 0 heterocycles. The molecule has 0 amide bonds. The van der Waals surface area contributed by atoms with E-state index in [1.807, 2.05) is 0 Å². The molecule has 0 radical (unpaired) electrons. The Hall–Kier alpha value is -2.57. The summed E-state index contributed by atoms with van der Waals surface area (Å²) in [5.74, 6) is -5.67. The van der Waals surface area contributed by atoms with Crippen molar-refractivity contribution in [2.24, 2.45) is 0 Å². The Morgan fingerprint density at radius 1 is 1.10 bits per heavy atom. The van der Waals surface area contributed by atoms with Gasteiger partial charge < -0.3 is 4.74 Å². The van der Waals surface area contributed by atoms with Crippen LogP contribution in [0.25, 0.3) is 0 Å². The first-order chi connectivity index (χ1) is 9.50. The van der Waals surface area contributed by atoms with Crippen LogP contribution in [0.4, 0.5) is 18.9 Å². The molecule has 0 N–H and O–H groups in total. The molecule has 0 fully saturated rings. The van der Waals surface area contributed by atoms with Crippen LogP contribution in [0.5, 0.6) is 5.75 Å². The van der Waals surface area contributed by atoms with Crippen molar-refractivity contribution in [2.75, 3.05) is 0 Å². The number of rotatable bonds is 4. The van der Waals surface area contributed by atoms with Crippen molar-refractivity contribution in [1.82, 2.24) is 0 Å². The van der Waals surface area contributed by atoms with E-state index in [-0.39, 0.29) is 6.61 Å². The van der Waals surface area contributed by atoms with Crippen LogP contribution in [-0.2, 0) is 6.61 Å². The summed E-state index contributed by atoms with van der Waals surface area (Å²) in [4.78, 5) is 9.08. The summed E-state index contributed by atoms with van der Waals surface area (Å²) in [6, 6.07) is 9.00. The molecule has 0 spiro atoms. The second-order valence-electron chi connectivity index (χ2n) is 3.86. The highest BCUT2D eigenvalue weighted by molar-refractivity contribution is 5.41. The normalized spacial score (nSPS) is 10.3. The minimum absolute atomic E-state index is 0.117. The standard InChI is InChI=1S/C13H8F3NO3/c14-9-6-10(11(15)12(16)13(9)17(18)19)20-7-8-4-2-1-3-5-8/h1-6H,7H2. The van der Waals surface area contributed by atoms with Gasteiger partial charge in [0.1, 0.15) is 6.61 Å². The zero-order valence-corrected chi connectivity index (χ0v) is 9.98. The zero-order chi connectivity index (χ0) is 14.7. The highest BCUT2D eigenvalue weighted by Crippen LogP contribution is 2.31. The molecule has 20 heavy (non-hydrogen) atoms. The van der Waals surface area contributed by atoms with Gasteiger partial charge in [-0.15, -0.1) is 0 Å². The van der Waals surface area contributed by atoms with Gasteiger partial charge in [0, 0.05) is 6.07 Å². The number of hydrogen-bond donors (Lipinski definition) is 0. The fraction of sp³-hybridized carbons (Fsp3) is 0.0769. The second kappa shape index (κ2) is 5.60. The molecule has 0 aromatic heterocycles. The number of benzene rings is 2. The van der Waals surface area contributed by atoms with E-state index in [0.29, 0.717) is 11.6 Å². The smallest absolute Gasteiger partial charge is 0.343 e. The molecule has 104 valence electrons. The van der Waals surface area contributed by atoms with Crippen molar-refractivity contribution in [3.05, 3.63) is 69.5 Å².